The maximum Gasteiger partial charge on any atom is 0.313 e. The zero-order chi connectivity index (χ0) is 16.0. The van der Waals surface area contributed by atoms with E-state index in [1.54, 1.807) is 25.1 Å². The molecule has 1 aromatic carbocycles. The summed E-state index contributed by atoms with van der Waals surface area (Å²) >= 11 is 7.40. The van der Waals surface area contributed by atoms with Gasteiger partial charge in [0, 0.05) is 23.0 Å². The molecule has 0 fully saturated rings. The van der Waals surface area contributed by atoms with Crippen LogP contribution in [-0.2, 0) is 9.59 Å². The van der Waals surface area contributed by atoms with Gasteiger partial charge in [0.15, 0.2) is 0 Å². The van der Waals surface area contributed by atoms with Gasteiger partial charge in [-0.3, -0.25) is 9.59 Å². The molecule has 3 N–H and O–H groups in total. The van der Waals surface area contributed by atoms with Crippen LogP contribution < -0.4 is 10.6 Å². The summed E-state index contributed by atoms with van der Waals surface area (Å²) in [7, 11) is 0. The van der Waals surface area contributed by atoms with E-state index < -0.39 is 17.4 Å². The topological polar surface area (TPSA) is 78.4 Å². The first kappa shape index (κ1) is 17.8. The van der Waals surface area contributed by atoms with E-state index in [2.05, 4.69) is 10.6 Å². The highest BCUT2D eigenvalue weighted by molar-refractivity contribution is 7.98. The van der Waals surface area contributed by atoms with Gasteiger partial charge in [-0.25, -0.2) is 0 Å². The number of aryl methyl sites for hydroxylation is 1. The second kappa shape index (κ2) is 7.68. The molecule has 0 bridgehead atoms. The summed E-state index contributed by atoms with van der Waals surface area (Å²) in [4.78, 5) is 23.4. The molecule has 5 nitrogen and oxygen atoms in total. The van der Waals surface area contributed by atoms with Crippen molar-refractivity contribution in [1.29, 1.82) is 0 Å². The van der Waals surface area contributed by atoms with Gasteiger partial charge >= 0.3 is 11.8 Å². The third kappa shape index (κ3) is 5.95. The Balaban J connectivity index is 2.55. The van der Waals surface area contributed by atoms with Crippen molar-refractivity contribution in [1.82, 2.24) is 5.32 Å². The first-order chi connectivity index (χ1) is 9.75. The number of anilines is 1. The quantitative estimate of drug-likeness (QED) is 0.720. The predicted octanol–water partition coefficient (Wildman–Crippen LogP) is 1.82. The molecule has 1 aromatic rings. The lowest BCUT2D eigenvalue weighted by Gasteiger charge is -2.22. The average molecular weight is 331 g/mol. The number of nitrogens with one attached hydrogen (secondary N) is 2. The fourth-order valence-electron chi connectivity index (χ4n) is 1.57. The predicted molar refractivity (Wildman–Crippen MR) is 86.8 cm³/mol. The van der Waals surface area contributed by atoms with Gasteiger partial charge in [-0.2, -0.15) is 11.8 Å². The van der Waals surface area contributed by atoms with Crippen molar-refractivity contribution >= 4 is 40.9 Å². The van der Waals surface area contributed by atoms with Crippen molar-refractivity contribution in [3.63, 3.8) is 0 Å². The smallest absolute Gasteiger partial charge is 0.313 e. The number of rotatable bonds is 5. The molecular formula is C14H19ClN2O3S. The summed E-state index contributed by atoms with van der Waals surface area (Å²) in [6, 6.07) is 4.99. The van der Waals surface area contributed by atoms with Gasteiger partial charge in [-0.05, 0) is 37.8 Å². The SMILES string of the molecule is CSCC(C)(O)CNC(=O)C(=O)Nc1ccc(C)c(Cl)c1. The van der Waals surface area contributed by atoms with Crippen molar-refractivity contribution in [3.05, 3.63) is 28.8 Å². The monoisotopic (exact) mass is 330 g/mol. The molecule has 0 spiro atoms. The highest BCUT2D eigenvalue weighted by atomic mass is 35.5. The maximum absolute atomic E-state index is 11.7. The number of hydrogen-bond donors (Lipinski definition) is 3. The third-order valence-electron chi connectivity index (χ3n) is 2.72. The molecule has 0 aliphatic carbocycles. The van der Waals surface area contributed by atoms with Gasteiger partial charge in [0.05, 0.1) is 5.60 Å². The summed E-state index contributed by atoms with van der Waals surface area (Å²) < 4.78 is 0. The molecule has 0 radical (unpaired) electrons. The minimum absolute atomic E-state index is 0.00868. The second-order valence-corrected chi connectivity index (χ2v) is 6.30. The van der Waals surface area contributed by atoms with E-state index in [1.807, 2.05) is 13.2 Å². The summed E-state index contributed by atoms with van der Waals surface area (Å²) in [5, 5.41) is 15.3. The van der Waals surface area contributed by atoms with Crippen LogP contribution in [0.2, 0.25) is 5.02 Å². The number of halogens is 1. The van der Waals surface area contributed by atoms with E-state index in [-0.39, 0.29) is 6.54 Å². The lowest BCUT2D eigenvalue weighted by molar-refractivity contribution is -0.136. The fourth-order valence-corrected chi connectivity index (χ4v) is 2.48. The van der Waals surface area contributed by atoms with Gasteiger partial charge in [0.25, 0.3) is 0 Å². The van der Waals surface area contributed by atoms with Crippen LogP contribution in [0.5, 0.6) is 0 Å². The molecule has 1 unspecified atom stereocenters. The number of benzene rings is 1. The third-order valence-corrected chi connectivity index (χ3v) is 4.04. The Kier molecular flexibility index (Phi) is 6.51. The zero-order valence-electron chi connectivity index (χ0n) is 12.2. The number of carbonyl (C=O) groups is 2. The molecule has 2 amide bonds. The normalized spacial score (nSPS) is 13.4. The number of aliphatic hydroxyl groups is 1. The molecular weight excluding hydrogens is 312 g/mol. The Hall–Kier alpha value is -1.24. The molecule has 0 saturated heterocycles. The van der Waals surface area contributed by atoms with E-state index in [4.69, 9.17) is 11.6 Å². The molecule has 0 heterocycles. The molecule has 0 aromatic heterocycles. The van der Waals surface area contributed by atoms with Gasteiger partial charge in [-0.1, -0.05) is 17.7 Å². The van der Waals surface area contributed by atoms with Gasteiger partial charge in [0.1, 0.15) is 0 Å². The summed E-state index contributed by atoms with van der Waals surface area (Å²) in [5.41, 5.74) is 0.275. The number of hydrogen-bond acceptors (Lipinski definition) is 4. The molecule has 0 aliphatic heterocycles. The largest absolute Gasteiger partial charge is 0.387 e. The summed E-state index contributed by atoms with van der Waals surface area (Å²) in [5.74, 6) is -1.13. The molecule has 1 rings (SSSR count). The molecule has 7 heteroatoms. The van der Waals surface area contributed by atoms with Crippen LogP contribution in [0.4, 0.5) is 5.69 Å². The lowest BCUT2D eigenvalue weighted by Crippen LogP contribution is -2.45. The van der Waals surface area contributed by atoms with Crippen molar-refractivity contribution in [2.45, 2.75) is 19.4 Å². The molecule has 21 heavy (non-hydrogen) atoms. The van der Waals surface area contributed by atoms with E-state index in [0.717, 1.165) is 5.56 Å². The highest BCUT2D eigenvalue weighted by Crippen LogP contribution is 2.19. The van der Waals surface area contributed by atoms with Crippen LogP contribution in [0.25, 0.3) is 0 Å². The summed E-state index contributed by atoms with van der Waals surface area (Å²) in [6.07, 6.45) is 1.85. The van der Waals surface area contributed by atoms with E-state index in [0.29, 0.717) is 16.5 Å². The van der Waals surface area contributed by atoms with Crippen LogP contribution in [-0.4, -0.2) is 41.1 Å². The molecule has 0 saturated carbocycles. The van der Waals surface area contributed by atoms with Crippen LogP contribution in [0.1, 0.15) is 12.5 Å². The lowest BCUT2D eigenvalue weighted by atomic mass is 10.1. The van der Waals surface area contributed by atoms with E-state index in [1.165, 1.54) is 11.8 Å². The zero-order valence-corrected chi connectivity index (χ0v) is 13.8. The molecule has 116 valence electrons. The second-order valence-electron chi connectivity index (χ2n) is 5.03. The maximum atomic E-state index is 11.7. The van der Waals surface area contributed by atoms with Crippen molar-refractivity contribution < 1.29 is 14.7 Å². The molecule has 1 atom stereocenters. The Labute approximate surface area is 133 Å². The van der Waals surface area contributed by atoms with Crippen molar-refractivity contribution in [3.8, 4) is 0 Å². The van der Waals surface area contributed by atoms with Crippen molar-refractivity contribution in [2.75, 3.05) is 23.9 Å². The first-order valence-corrected chi connectivity index (χ1v) is 8.09. The number of amides is 2. The Morgan fingerprint density at radius 3 is 2.62 bits per heavy atom. The number of thioether (sulfide) groups is 1. The average Bonchev–Trinajstić information content (AvgIpc) is 2.40. The fraction of sp³-hybridized carbons (Fsp3) is 0.429. The van der Waals surface area contributed by atoms with Crippen LogP contribution >= 0.6 is 23.4 Å². The first-order valence-electron chi connectivity index (χ1n) is 6.32. The Morgan fingerprint density at radius 2 is 2.05 bits per heavy atom. The molecule has 0 aliphatic rings. The van der Waals surface area contributed by atoms with Gasteiger partial charge < -0.3 is 15.7 Å². The van der Waals surface area contributed by atoms with E-state index >= 15 is 0 Å². The van der Waals surface area contributed by atoms with Crippen molar-refractivity contribution in [2.24, 2.45) is 0 Å². The van der Waals surface area contributed by atoms with Crippen LogP contribution in [0, 0.1) is 6.92 Å². The van der Waals surface area contributed by atoms with Gasteiger partial charge in [0.2, 0.25) is 0 Å². The minimum Gasteiger partial charge on any atom is -0.387 e. The van der Waals surface area contributed by atoms with Crippen LogP contribution in [0.15, 0.2) is 18.2 Å². The Morgan fingerprint density at radius 1 is 1.38 bits per heavy atom. The van der Waals surface area contributed by atoms with Gasteiger partial charge in [-0.15, -0.1) is 0 Å². The summed E-state index contributed by atoms with van der Waals surface area (Å²) in [6.45, 7) is 3.45. The Bertz CT molecular complexity index is 535. The standard InChI is InChI=1S/C14H19ClN2O3S/c1-9-4-5-10(6-11(9)15)17-13(19)12(18)16-7-14(2,20)8-21-3/h4-6,20H,7-8H2,1-3H3,(H,16,18)(H,17,19). The highest BCUT2D eigenvalue weighted by Gasteiger charge is 2.22. The minimum atomic E-state index is -1.05. The van der Waals surface area contributed by atoms with Crippen LogP contribution in [0.3, 0.4) is 0 Å². The van der Waals surface area contributed by atoms with E-state index in [9.17, 15) is 14.7 Å². The number of carbonyl (C=O) groups excluding carboxylic acids is 2.